The number of nitrogens with zero attached hydrogens (tertiary/aromatic N) is 3. The number of ether oxygens (including phenoxy) is 1. The summed E-state index contributed by atoms with van der Waals surface area (Å²) in [5, 5.41) is 0.247. The zero-order valence-corrected chi connectivity index (χ0v) is 15.2. The molecule has 132 valence electrons. The Balaban J connectivity index is 2.45. The first-order chi connectivity index (χ1) is 11.0. The van der Waals surface area contributed by atoms with Crippen LogP contribution in [0.4, 0.5) is 9.59 Å². The Morgan fingerprint density at radius 3 is 2.12 bits per heavy atom. The molecular weight excluding hydrogens is 334 g/mol. The number of thioether (sulfide) groups is 1. The van der Waals surface area contributed by atoms with Crippen LogP contribution in [0.2, 0.25) is 0 Å². The molecule has 2 aliphatic heterocycles. The fourth-order valence-corrected chi connectivity index (χ4v) is 3.39. The van der Waals surface area contributed by atoms with Gasteiger partial charge < -0.3 is 4.74 Å². The van der Waals surface area contributed by atoms with Gasteiger partial charge in [-0.15, -0.1) is 11.8 Å². The van der Waals surface area contributed by atoms with Crippen molar-refractivity contribution in [2.75, 3.05) is 26.4 Å². The minimum Gasteiger partial charge on any atom is -0.443 e. The molecule has 0 aliphatic carbocycles. The van der Waals surface area contributed by atoms with Gasteiger partial charge in [0.05, 0.1) is 5.03 Å². The lowest BCUT2D eigenvalue weighted by Gasteiger charge is -2.35. The molecule has 0 aromatic carbocycles. The van der Waals surface area contributed by atoms with E-state index in [0.717, 1.165) is 9.80 Å². The molecule has 2 rings (SSSR count). The molecule has 0 aromatic rings. The second kappa shape index (κ2) is 6.46. The summed E-state index contributed by atoms with van der Waals surface area (Å²) in [4.78, 5) is 52.2. The van der Waals surface area contributed by atoms with Crippen molar-refractivity contribution >= 4 is 35.7 Å². The Morgan fingerprint density at radius 2 is 1.62 bits per heavy atom. The van der Waals surface area contributed by atoms with Crippen molar-refractivity contribution in [2.24, 2.45) is 0 Å². The second-order valence-electron chi connectivity index (χ2n) is 6.53. The van der Waals surface area contributed by atoms with Gasteiger partial charge in [-0.25, -0.2) is 9.59 Å². The number of imide groups is 2. The van der Waals surface area contributed by atoms with E-state index in [0.29, 0.717) is 18.7 Å². The summed E-state index contributed by atoms with van der Waals surface area (Å²) in [5.74, 6) is -0.748. The quantitative estimate of drug-likeness (QED) is 0.485. The molecule has 0 aromatic heterocycles. The first-order valence-corrected chi connectivity index (χ1v) is 8.51. The molecule has 0 spiro atoms. The molecule has 8 nitrogen and oxygen atoms in total. The van der Waals surface area contributed by atoms with E-state index in [1.165, 1.54) is 30.8 Å². The molecule has 24 heavy (non-hydrogen) atoms. The number of hydrogen-bond donors (Lipinski definition) is 0. The highest BCUT2D eigenvalue weighted by Gasteiger charge is 2.43. The number of carbonyl (C=O) groups is 4. The van der Waals surface area contributed by atoms with Crippen molar-refractivity contribution in [1.29, 1.82) is 0 Å². The van der Waals surface area contributed by atoms with Gasteiger partial charge in [0.1, 0.15) is 11.2 Å². The van der Waals surface area contributed by atoms with Gasteiger partial charge in [0.15, 0.2) is 0 Å². The summed E-state index contributed by atoms with van der Waals surface area (Å²) in [5.41, 5.74) is -0.866. The zero-order chi connectivity index (χ0) is 18.2. The predicted octanol–water partition coefficient (Wildman–Crippen LogP) is 1.62. The van der Waals surface area contributed by atoms with Crippen LogP contribution < -0.4 is 0 Å². The third-order valence-electron chi connectivity index (χ3n) is 3.45. The van der Waals surface area contributed by atoms with E-state index >= 15 is 0 Å². The van der Waals surface area contributed by atoms with E-state index < -0.39 is 29.5 Å². The van der Waals surface area contributed by atoms with E-state index in [4.69, 9.17) is 4.74 Å². The summed E-state index contributed by atoms with van der Waals surface area (Å²) in [6.45, 7) is 5.58. The largest absolute Gasteiger partial charge is 0.443 e. The fourth-order valence-electron chi connectivity index (χ4n) is 2.28. The normalized spacial score (nSPS) is 20.0. The molecule has 2 saturated heterocycles. The van der Waals surface area contributed by atoms with E-state index in [2.05, 4.69) is 0 Å². The Bertz CT molecular complexity index is 612. The zero-order valence-electron chi connectivity index (χ0n) is 14.4. The molecule has 0 unspecified atom stereocenters. The van der Waals surface area contributed by atoms with Gasteiger partial charge in [0.2, 0.25) is 0 Å². The fraction of sp³-hybridized carbons (Fsp3) is 0.600. The van der Waals surface area contributed by atoms with Gasteiger partial charge in [0.25, 0.3) is 11.8 Å². The molecule has 0 saturated carbocycles. The maximum Gasteiger partial charge on any atom is 0.415 e. The van der Waals surface area contributed by atoms with E-state index in [1.54, 1.807) is 20.8 Å². The lowest BCUT2D eigenvalue weighted by molar-refractivity contribution is -0.134. The smallest absolute Gasteiger partial charge is 0.415 e. The number of carbonyl (C=O) groups excluding carboxylic acids is 4. The number of likely N-dealkylation sites (N-methyl/N-ethyl adjacent to an activating group) is 2. The molecule has 0 N–H and O–H groups in total. The summed E-state index contributed by atoms with van der Waals surface area (Å²) in [6, 6.07) is -0.695. The maximum atomic E-state index is 12.5. The van der Waals surface area contributed by atoms with E-state index in [-0.39, 0.29) is 10.6 Å². The highest BCUT2D eigenvalue weighted by Crippen LogP contribution is 2.33. The summed E-state index contributed by atoms with van der Waals surface area (Å²) in [7, 11) is 2.61. The molecule has 2 heterocycles. The van der Waals surface area contributed by atoms with E-state index in [9.17, 15) is 19.2 Å². The van der Waals surface area contributed by atoms with Crippen LogP contribution in [0.15, 0.2) is 10.6 Å². The van der Waals surface area contributed by atoms with Gasteiger partial charge in [-0.3, -0.25) is 24.3 Å². The van der Waals surface area contributed by atoms with Gasteiger partial charge >= 0.3 is 12.1 Å². The second-order valence-corrected chi connectivity index (χ2v) is 7.61. The van der Waals surface area contributed by atoms with Crippen molar-refractivity contribution in [2.45, 2.75) is 32.8 Å². The van der Waals surface area contributed by atoms with Crippen molar-refractivity contribution in [3.8, 4) is 0 Å². The minimum absolute atomic E-state index is 0.171. The summed E-state index contributed by atoms with van der Waals surface area (Å²) >= 11 is 1.24. The van der Waals surface area contributed by atoms with Crippen LogP contribution in [0.5, 0.6) is 0 Å². The molecule has 2 fully saturated rings. The molecule has 2 aliphatic rings. The van der Waals surface area contributed by atoms with Gasteiger partial charge in [-0.1, -0.05) is 0 Å². The maximum absolute atomic E-state index is 12.5. The van der Waals surface area contributed by atoms with Crippen molar-refractivity contribution in [1.82, 2.24) is 14.7 Å². The molecule has 5 amide bonds. The van der Waals surface area contributed by atoms with Crippen LogP contribution in [0.25, 0.3) is 0 Å². The third-order valence-corrected chi connectivity index (χ3v) is 4.64. The number of barbiturate groups is 1. The lowest BCUT2D eigenvalue weighted by atomic mass is 10.1. The Hall–Kier alpha value is -2.03. The summed E-state index contributed by atoms with van der Waals surface area (Å²) < 4.78 is 5.37. The van der Waals surface area contributed by atoms with Gasteiger partial charge in [-0.05, 0) is 27.2 Å². The first kappa shape index (κ1) is 18.3. The Labute approximate surface area is 144 Å². The predicted molar refractivity (Wildman–Crippen MR) is 88.0 cm³/mol. The Morgan fingerprint density at radius 1 is 1.08 bits per heavy atom. The average molecular weight is 355 g/mol. The number of urea groups is 1. The highest BCUT2D eigenvalue weighted by molar-refractivity contribution is 8.03. The third kappa shape index (κ3) is 3.40. The lowest BCUT2D eigenvalue weighted by Crippen LogP contribution is -2.54. The highest BCUT2D eigenvalue weighted by atomic mass is 32.2. The Kier molecular flexibility index (Phi) is 4.93. The molecule has 0 radical (unpaired) electrons. The van der Waals surface area contributed by atoms with Gasteiger partial charge in [0, 0.05) is 26.4 Å². The van der Waals surface area contributed by atoms with Crippen LogP contribution in [0, 0.1) is 0 Å². The first-order valence-electron chi connectivity index (χ1n) is 7.52. The average Bonchev–Trinajstić information content (AvgIpc) is 2.50. The SMILES string of the molecule is CN1C(=O)C(=C2SCCCN2C(=O)OC(C)(C)C)C(=O)N(C)C1=O. The minimum atomic E-state index is -0.707. The molecular formula is C15H21N3O5S. The van der Waals surface area contributed by atoms with Crippen molar-refractivity contribution in [3.63, 3.8) is 0 Å². The van der Waals surface area contributed by atoms with Crippen LogP contribution in [-0.2, 0) is 14.3 Å². The van der Waals surface area contributed by atoms with Crippen molar-refractivity contribution < 1.29 is 23.9 Å². The molecule has 9 heteroatoms. The van der Waals surface area contributed by atoms with Crippen molar-refractivity contribution in [3.05, 3.63) is 10.6 Å². The van der Waals surface area contributed by atoms with Crippen LogP contribution in [-0.4, -0.2) is 70.6 Å². The number of hydrogen-bond acceptors (Lipinski definition) is 6. The standard InChI is InChI=1S/C15H21N3O5S/c1-15(2,3)23-14(22)18-7-6-8-24-12(18)9-10(19)16(4)13(21)17(5)11(9)20/h6-8H2,1-5H3. The van der Waals surface area contributed by atoms with E-state index in [1.807, 2.05) is 0 Å². The number of rotatable bonds is 0. The topological polar surface area (TPSA) is 87.2 Å². The monoisotopic (exact) mass is 355 g/mol. The van der Waals surface area contributed by atoms with Gasteiger partial charge in [-0.2, -0.15) is 0 Å². The van der Waals surface area contributed by atoms with Crippen LogP contribution >= 0.6 is 11.8 Å². The molecule has 0 atom stereocenters. The molecule has 0 bridgehead atoms. The van der Waals surface area contributed by atoms with Crippen LogP contribution in [0.3, 0.4) is 0 Å². The van der Waals surface area contributed by atoms with Crippen LogP contribution in [0.1, 0.15) is 27.2 Å². The number of amides is 5. The summed E-state index contributed by atoms with van der Waals surface area (Å²) in [6.07, 6.45) is 0.105.